The Morgan fingerprint density at radius 1 is 1.53 bits per heavy atom. The largest absolute Gasteiger partial charge is 0.371 e. The van der Waals surface area contributed by atoms with Crippen LogP contribution in [0.25, 0.3) is 0 Å². The predicted molar refractivity (Wildman–Crippen MR) is 71.2 cm³/mol. The van der Waals surface area contributed by atoms with E-state index in [0.717, 1.165) is 24.5 Å². The van der Waals surface area contributed by atoms with Crippen molar-refractivity contribution in [3.63, 3.8) is 0 Å². The fourth-order valence-electron chi connectivity index (χ4n) is 2.32. The number of nitrogens with two attached hydrogens (primary N) is 1. The van der Waals surface area contributed by atoms with Crippen LogP contribution in [0, 0.1) is 5.92 Å². The highest BCUT2D eigenvalue weighted by Gasteiger charge is 2.26. The molecule has 0 radical (unpaired) electrons. The monoisotopic (exact) mass is 254 g/mol. The van der Waals surface area contributed by atoms with Gasteiger partial charge in [-0.05, 0) is 32.1 Å². The Morgan fingerprint density at radius 3 is 2.88 bits per heavy atom. The summed E-state index contributed by atoms with van der Waals surface area (Å²) in [6.45, 7) is 7.13. The van der Waals surface area contributed by atoms with Gasteiger partial charge in [-0.1, -0.05) is 13.8 Å². The Morgan fingerprint density at radius 2 is 2.29 bits per heavy atom. The molecule has 0 fully saturated rings. The zero-order valence-corrected chi connectivity index (χ0v) is 11.7. The van der Waals surface area contributed by atoms with Crippen molar-refractivity contribution in [3.8, 4) is 0 Å². The highest BCUT2D eigenvalue weighted by molar-refractivity contribution is 7.11. The number of rotatable bonds is 4. The lowest BCUT2D eigenvalue weighted by Crippen LogP contribution is -2.15. The van der Waals surface area contributed by atoms with Crippen LogP contribution in [-0.4, -0.2) is 11.6 Å². The average molecular weight is 254 g/mol. The average Bonchev–Trinajstić information content (AvgIpc) is 2.70. The van der Waals surface area contributed by atoms with E-state index in [-0.39, 0.29) is 12.1 Å². The van der Waals surface area contributed by atoms with Crippen LogP contribution >= 0.6 is 11.3 Å². The second-order valence-corrected chi connectivity index (χ2v) is 6.04. The molecule has 1 aromatic heterocycles. The third kappa shape index (κ3) is 2.69. The van der Waals surface area contributed by atoms with Crippen LogP contribution in [0.4, 0.5) is 0 Å². The van der Waals surface area contributed by atoms with Crippen LogP contribution in [0.15, 0.2) is 0 Å². The molecule has 1 aromatic rings. The maximum atomic E-state index is 6.14. The van der Waals surface area contributed by atoms with Gasteiger partial charge in [0, 0.05) is 17.5 Å². The third-order valence-electron chi connectivity index (χ3n) is 3.20. The van der Waals surface area contributed by atoms with Gasteiger partial charge in [-0.3, -0.25) is 0 Å². The summed E-state index contributed by atoms with van der Waals surface area (Å²) in [5, 5.41) is 1.12. The molecule has 0 saturated carbocycles. The van der Waals surface area contributed by atoms with Gasteiger partial charge >= 0.3 is 0 Å². The van der Waals surface area contributed by atoms with E-state index in [1.807, 2.05) is 6.92 Å². The Bertz CT molecular complexity index is 375. The van der Waals surface area contributed by atoms with Crippen LogP contribution in [0.3, 0.4) is 0 Å². The quantitative estimate of drug-likeness (QED) is 0.897. The zero-order chi connectivity index (χ0) is 12.4. The number of aryl methyl sites for hydroxylation is 1. The molecule has 1 heterocycles. The summed E-state index contributed by atoms with van der Waals surface area (Å²) >= 11 is 1.76. The van der Waals surface area contributed by atoms with Gasteiger partial charge in [0.2, 0.25) is 0 Å². The van der Waals surface area contributed by atoms with Gasteiger partial charge in [-0.25, -0.2) is 4.98 Å². The molecule has 0 amide bonds. The van der Waals surface area contributed by atoms with Crippen molar-refractivity contribution < 1.29 is 4.74 Å². The molecule has 0 spiro atoms. The molecule has 96 valence electrons. The molecule has 3 nitrogen and oxygen atoms in total. The molecule has 0 aliphatic heterocycles. The van der Waals surface area contributed by atoms with Crippen LogP contribution in [0.2, 0.25) is 0 Å². The van der Waals surface area contributed by atoms with E-state index in [2.05, 4.69) is 13.8 Å². The lowest BCUT2D eigenvalue weighted by molar-refractivity contribution is 0.0292. The summed E-state index contributed by atoms with van der Waals surface area (Å²) in [6.07, 6.45) is 3.47. The van der Waals surface area contributed by atoms with E-state index in [9.17, 15) is 0 Å². The maximum absolute atomic E-state index is 6.14. The second-order valence-electron chi connectivity index (χ2n) is 4.98. The van der Waals surface area contributed by atoms with Gasteiger partial charge in [0.25, 0.3) is 0 Å². The molecule has 1 aliphatic carbocycles. The number of ether oxygens (including phenoxy) is 1. The van der Waals surface area contributed by atoms with Crippen molar-refractivity contribution in [3.05, 3.63) is 15.6 Å². The second kappa shape index (κ2) is 5.46. The predicted octanol–water partition coefficient (Wildman–Crippen LogP) is 3.21. The van der Waals surface area contributed by atoms with Crippen molar-refractivity contribution in [1.82, 2.24) is 4.98 Å². The molecule has 0 bridgehead atoms. The van der Waals surface area contributed by atoms with Crippen molar-refractivity contribution in [1.29, 1.82) is 0 Å². The Balaban J connectivity index is 2.26. The highest BCUT2D eigenvalue weighted by atomic mass is 32.1. The summed E-state index contributed by atoms with van der Waals surface area (Å²) in [5.74, 6) is 0.457. The number of aromatic nitrogens is 1. The Hall–Kier alpha value is -0.450. The smallest absolute Gasteiger partial charge is 0.122 e. The van der Waals surface area contributed by atoms with E-state index >= 15 is 0 Å². The van der Waals surface area contributed by atoms with E-state index in [4.69, 9.17) is 15.5 Å². The van der Waals surface area contributed by atoms with E-state index in [1.54, 1.807) is 11.3 Å². The van der Waals surface area contributed by atoms with E-state index < -0.39 is 0 Å². The van der Waals surface area contributed by atoms with Crippen LogP contribution < -0.4 is 5.73 Å². The molecule has 2 N–H and O–H groups in total. The fourth-order valence-corrected chi connectivity index (χ4v) is 3.69. The molecular formula is C13H22N2OS. The normalized spacial score (nSPS) is 21.6. The molecule has 0 saturated heterocycles. The van der Waals surface area contributed by atoms with Crippen LogP contribution in [-0.2, 0) is 11.2 Å². The first-order valence-corrected chi connectivity index (χ1v) is 7.31. The standard InChI is InChI=1S/C13H22N2OS/c1-4-16-11(8(2)3)13-15-10-7-5-6-9(14)12(10)17-13/h8-9,11H,4-7,14H2,1-3H3. The van der Waals surface area contributed by atoms with Gasteiger partial charge in [0.15, 0.2) is 0 Å². The summed E-state index contributed by atoms with van der Waals surface area (Å²) in [7, 11) is 0. The first-order valence-electron chi connectivity index (χ1n) is 6.50. The number of nitrogens with zero attached hydrogens (tertiary/aromatic N) is 1. The molecule has 2 rings (SSSR count). The van der Waals surface area contributed by atoms with Gasteiger partial charge in [0.1, 0.15) is 11.1 Å². The molecular weight excluding hydrogens is 232 g/mol. The molecule has 0 aromatic carbocycles. The van der Waals surface area contributed by atoms with Crippen molar-refractivity contribution in [2.75, 3.05) is 6.61 Å². The minimum Gasteiger partial charge on any atom is -0.371 e. The topological polar surface area (TPSA) is 48.1 Å². The molecule has 2 atom stereocenters. The number of fused-ring (bicyclic) bond motifs is 1. The van der Waals surface area contributed by atoms with Crippen LogP contribution in [0.1, 0.15) is 61.3 Å². The summed E-state index contributed by atoms with van der Waals surface area (Å²) in [5.41, 5.74) is 7.36. The first kappa shape index (κ1) is 13.0. The van der Waals surface area contributed by atoms with Crippen molar-refractivity contribution in [2.24, 2.45) is 11.7 Å². The third-order valence-corrected chi connectivity index (χ3v) is 4.50. The Labute approximate surface area is 107 Å². The fraction of sp³-hybridized carbons (Fsp3) is 0.769. The molecule has 2 unspecified atom stereocenters. The summed E-state index contributed by atoms with van der Waals surface area (Å²) < 4.78 is 5.81. The SMILES string of the molecule is CCOC(c1nc2c(s1)C(N)CCC2)C(C)C. The van der Waals surface area contributed by atoms with Crippen molar-refractivity contribution in [2.45, 2.75) is 52.2 Å². The van der Waals surface area contributed by atoms with E-state index in [0.29, 0.717) is 5.92 Å². The minimum absolute atomic E-state index is 0.128. The van der Waals surface area contributed by atoms with Gasteiger partial charge in [-0.15, -0.1) is 11.3 Å². The van der Waals surface area contributed by atoms with E-state index in [1.165, 1.54) is 17.0 Å². The highest BCUT2D eigenvalue weighted by Crippen LogP contribution is 2.37. The number of hydrogen-bond acceptors (Lipinski definition) is 4. The number of hydrogen-bond donors (Lipinski definition) is 1. The van der Waals surface area contributed by atoms with Gasteiger partial charge in [0.05, 0.1) is 5.69 Å². The maximum Gasteiger partial charge on any atom is 0.122 e. The number of thiazole rings is 1. The van der Waals surface area contributed by atoms with Crippen molar-refractivity contribution >= 4 is 11.3 Å². The molecule has 17 heavy (non-hydrogen) atoms. The first-order chi connectivity index (χ1) is 8.13. The van der Waals surface area contributed by atoms with Crippen LogP contribution in [0.5, 0.6) is 0 Å². The van der Waals surface area contributed by atoms with Gasteiger partial charge < -0.3 is 10.5 Å². The minimum atomic E-state index is 0.128. The summed E-state index contributed by atoms with van der Waals surface area (Å²) in [4.78, 5) is 6.04. The lowest BCUT2D eigenvalue weighted by Gasteiger charge is -2.18. The Kier molecular flexibility index (Phi) is 4.17. The molecule has 4 heteroatoms. The zero-order valence-electron chi connectivity index (χ0n) is 10.9. The lowest BCUT2D eigenvalue weighted by atomic mass is 9.99. The van der Waals surface area contributed by atoms with Gasteiger partial charge in [-0.2, -0.15) is 0 Å². The summed E-state index contributed by atoms with van der Waals surface area (Å²) in [6, 6.07) is 0.194. The molecule has 1 aliphatic rings.